The van der Waals surface area contributed by atoms with E-state index in [4.69, 9.17) is 13.9 Å². The fourth-order valence-corrected chi connectivity index (χ4v) is 4.31. The Morgan fingerprint density at radius 1 is 0.757 bits per heavy atom. The number of hydrogen-bond donors (Lipinski definition) is 0. The van der Waals surface area contributed by atoms with Gasteiger partial charge in [-0.25, -0.2) is 9.59 Å². The van der Waals surface area contributed by atoms with Crippen LogP contribution in [0.25, 0.3) is 33.6 Å². The van der Waals surface area contributed by atoms with Crippen LogP contribution in [-0.4, -0.2) is 30.7 Å². The van der Waals surface area contributed by atoms with E-state index in [9.17, 15) is 14.4 Å². The van der Waals surface area contributed by atoms with Crippen LogP contribution < -0.4 is 5.43 Å². The number of carbonyl (C=O) groups excluding carboxylic acids is 2. The van der Waals surface area contributed by atoms with E-state index in [1.165, 1.54) is 20.3 Å². The maximum atomic E-state index is 13.2. The molecule has 5 aromatic rings. The molecule has 0 unspecified atom stereocenters. The van der Waals surface area contributed by atoms with Crippen molar-refractivity contribution >= 4 is 23.0 Å². The highest BCUT2D eigenvalue weighted by molar-refractivity contribution is 6.01. The molecule has 0 aliphatic carbocycles. The molecule has 0 fully saturated rings. The molecule has 0 aliphatic rings. The topological polar surface area (TPSA) is 87.7 Å². The van der Waals surface area contributed by atoms with Crippen molar-refractivity contribution < 1.29 is 23.5 Å². The molecule has 0 N–H and O–H groups in total. The zero-order valence-electron chi connectivity index (χ0n) is 20.3. The summed E-state index contributed by atoms with van der Waals surface area (Å²) in [5.41, 5.74) is 4.07. The Labute approximate surface area is 212 Å². The second-order valence-corrected chi connectivity index (χ2v) is 8.42. The van der Waals surface area contributed by atoms with Crippen LogP contribution in [0, 0.1) is 0 Å². The van der Waals surface area contributed by atoms with E-state index in [1.807, 2.05) is 34.9 Å². The minimum atomic E-state index is -0.451. The Kier molecular flexibility index (Phi) is 6.43. The third-order valence-electron chi connectivity index (χ3n) is 6.16. The van der Waals surface area contributed by atoms with Crippen LogP contribution in [0.4, 0.5) is 0 Å². The van der Waals surface area contributed by atoms with Gasteiger partial charge in [0.2, 0.25) is 5.71 Å². The molecule has 37 heavy (non-hydrogen) atoms. The predicted molar refractivity (Wildman–Crippen MR) is 140 cm³/mol. The van der Waals surface area contributed by atoms with E-state index in [-0.39, 0.29) is 5.43 Å². The van der Waals surface area contributed by atoms with E-state index >= 15 is 0 Å². The van der Waals surface area contributed by atoms with Gasteiger partial charge >= 0.3 is 11.9 Å². The molecule has 0 saturated carbocycles. The Morgan fingerprint density at radius 3 is 1.89 bits per heavy atom. The van der Waals surface area contributed by atoms with Crippen molar-refractivity contribution in [3.05, 3.63) is 118 Å². The number of carbonyl (C=O) groups is 2. The summed E-state index contributed by atoms with van der Waals surface area (Å²) in [5, 5.41) is 0.427. The molecule has 0 atom stereocenters. The van der Waals surface area contributed by atoms with Crippen molar-refractivity contribution in [2.24, 2.45) is 0 Å². The number of nitrogens with zero attached hydrogens (tertiary/aromatic N) is 1. The highest BCUT2D eigenvalue weighted by Gasteiger charge is 2.23. The number of ether oxygens (including phenoxy) is 2. The zero-order valence-corrected chi connectivity index (χ0v) is 20.3. The summed E-state index contributed by atoms with van der Waals surface area (Å²) in [4.78, 5) is 37.1. The summed E-state index contributed by atoms with van der Waals surface area (Å²) < 4.78 is 17.9. The molecule has 0 saturated heterocycles. The molecule has 3 aromatic carbocycles. The fourth-order valence-electron chi connectivity index (χ4n) is 4.31. The number of furan rings is 1. The third kappa shape index (κ3) is 4.54. The van der Waals surface area contributed by atoms with Crippen molar-refractivity contribution in [2.75, 3.05) is 14.2 Å². The minimum absolute atomic E-state index is 0.187. The van der Waals surface area contributed by atoms with Crippen molar-refractivity contribution in [3.8, 4) is 22.5 Å². The maximum absolute atomic E-state index is 13.2. The first-order valence-corrected chi connectivity index (χ1v) is 11.6. The van der Waals surface area contributed by atoms with Gasteiger partial charge in [-0.1, -0.05) is 54.6 Å². The van der Waals surface area contributed by atoms with Gasteiger partial charge in [-0.05, 0) is 35.4 Å². The number of esters is 2. The molecular weight excluding hydrogens is 470 g/mol. The lowest BCUT2D eigenvalue weighted by molar-refractivity contribution is 0.0592. The van der Waals surface area contributed by atoms with Gasteiger partial charge < -0.3 is 18.5 Å². The van der Waals surface area contributed by atoms with Crippen LogP contribution in [0.1, 0.15) is 26.3 Å². The van der Waals surface area contributed by atoms with Crippen LogP contribution in [-0.2, 0) is 16.0 Å². The van der Waals surface area contributed by atoms with E-state index in [1.54, 1.807) is 54.7 Å². The molecular formula is C30H23NO6. The molecule has 0 radical (unpaired) electrons. The predicted octanol–water partition coefficient (Wildman–Crippen LogP) is 5.55. The SMILES string of the molecule is COC(=O)c1ccc(-c2oc3c(c2-c2ccc(C(=O)OC)cc2)c(=O)ccn3Cc2ccccc2)cc1. The lowest BCUT2D eigenvalue weighted by Gasteiger charge is -2.07. The van der Waals surface area contributed by atoms with Crippen molar-refractivity contribution in [1.29, 1.82) is 0 Å². The van der Waals surface area contributed by atoms with E-state index < -0.39 is 11.9 Å². The fraction of sp³-hybridized carbons (Fsp3) is 0.100. The largest absolute Gasteiger partial charge is 0.465 e. The van der Waals surface area contributed by atoms with Gasteiger partial charge in [0.15, 0.2) is 5.43 Å². The van der Waals surface area contributed by atoms with Crippen LogP contribution in [0.2, 0.25) is 0 Å². The summed E-state index contributed by atoms with van der Waals surface area (Å²) in [5.74, 6) is -0.424. The van der Waals surface area contributed by atoms with Gasteiger partial charge in [0.1, 0.15) is 5.76 Å². The zero-order chi connectivity index (χ0) is 25.9. The van der Waals surface area contributed by atoms with Gasteiger partial charge in [0.25, 0.3) is 0 Å². The highest BCUT2D eigenvalue weighted by atomic mass is 16.5. The number of rotatable bonds is 6. The van der Waals surface area contributed by atoms with E-state index in [0.717, 1.165) is 5.56 Å². The van der Waals surface area contributed by atoms with Crippen LogP contribution in [0.5, 0.6) is 0 Å². The van der Waals surface area contributed by atoms with Crippen LogP contribution in [0.15, 0.2) is 100 Å². The Hall–Kier alpha value is -4.91. The standard InChI is InChI=1S/C30H23NO6/c1-35-29(33)22-12-8-20(9-13-22)25-26-24(32)16-17-31(18-19-6-4-3-5-7-19)28(26)37-27(25)21-10-14-23(15-11-21)30(34)36-2/h3-17H,18H2,1-2H3. The summed E-state index contributed by atoms with van der Waals surface area (Å²) in [6, 6.07) is 25.0. The third-order valence-corrected chi connectivity index (χ3v) is 6.16. The van der Waals surface area contributed by atoms with Gasteiger partial charge in [0.05, 0.1) is 37.3 Å². The molecule has 2 aromatic heterocycles. The Balaban J connectivity index is 1.73. The summed E-state index contributed by atoms with van der Waals surface area (Å²) in [6.45, 7) is 0.507. The second kappa shape index (κ2) is 9.99. The van der Waals surface area contributed by atoms with Crippen LogP contribution >= 0.6 is 0 Å². The van der Waals surface area contributed by atoms with Gasteiger partial charge in [-0.2, -0.15) is 0 Å². The maximum Gasteiger partial charge on any atom is 0.337 e. The average molecular weight is 494 g/mol. The summed E-state index contributed by atoms with van der Waals surface area (Å²) >= 11 is 0. The van der Waals surface area contributed by atoms with Gasteiger partial charge in [0, 0.05) is 23.4 Å². The summed E-state index contributed by atoms with van der Waals surface area (Å²) in [6.07, 6.45) is 1.72. The number of benzene rings is 3. The molecule has 0 amide bonds. The summed E-state index contributed by atoms with van der Waals surface area (Å²) in [7, 11) is 2.65. The molecule has 7 heteroatoms. The Bertz CT molecular complexity index is 1650. The first-order valence-electron chi connectivity index (χ1n) is 11.6. The second-order valence-electron chi connectivity index (χ2n) is 8.42. The smallest absolute Gasteiger partial charge is 0.337 e. The first kappa shape index (κ1) is 23.8. The number of fused-ring (bicyclic) bond motifs is 1. The number of methoxy groups -OCH3 is 2. The quantitative estimate of drug-likeness (QED) is 0.288. The highest BCUT2D eigenvalue weighted by Crippen LogP contribution is 2.39. The molecule has 184 valence electrons. The molecule has 0 aliphatic heterocycles. The number of aromatic nitrogens is 1. The lowest BCUT2D eigenvalue weighted by Crippen LogP contribution is -2.08. The Morgan fingerprint density at radius 2 is 1.32 bits per heavy atom. The molecule has 0 spiro atoms. The molecule has 7 nitrogen and oxygen atoms in total. The molecule has 2 heterocycles. The minimum Gasteiger partial charge on any atom is -0.465 e. The van der Waals surface area contributed by atoms with Crippen molar-refractivity contribution in [2.45, 2.75) is 6.54 Å². The van der Waals surface area contributed by atoms with Crippen molar-refractivity contribution in [1.82, 2.24) is 4.57 Å². The number of hydrogen-bond acceptors (Lipinski definition) is 6. The monoisotopic (exact) mass is 493 g/mol. The van der Waals surface area contributed by atoms with Crippen LogP contribution in [0.3, 0.4) is 0 Å². The molecule has 5 rings (SSSR count). The van der Waals surface area contributed by atoms with Gasteiger partial charge in [-0.3, -0.25) is 4.79 Å². The number of pyridine rings is 1. The van der Waals surface area contributed by atoms with Crippen molar-refractivity contribution in [3.63, 3.8) is 0 Å². The van der Waals surface area contributed by atoms with Gasteiger partial charge in [-0.15, -0.1) is 0 Å². The lowest BCUT2D eigenvalue weighted by atomic mass is 9.97. The molecule has 0 bridgehead atoms. The first-order chi connectivity index (χ1) is 18.0. The van der Waals surface area contributed by atoms with E-state index in [2.05, 4.69) is 0 Å². The normalized spacial score (nSPS) is 10.9. The van der Waals surface area contributed by atoms with E-state index in [0.29, 0.717) is 51.2 Å². The average Bonchev–Trinajstić information content (AvgIpc) is 3.36.